The van der Waals surface area contributed by atoms with Gasteiger partial charge in [0.2, 0.25) is 0 Å². The summed E-state index contributed by atoms with van der Waals surface area (Å²) in [6, 6.07) is 0.806. The molecule has 0 aliphatic rings. The molecule has 0 saturated carbocycles. The highest BCUT2D eigenvalue weighted by molar-refractivity contribution is 6.30. The van der Waals surface area contributed by atoms with Crippen LogP contribution in [0, 0.1) is 5.82 Å². The van der Waals surface area contributed by atoms with Gasteiger partial charge in [0, 0.05) is 12.2 Å². The van der Waals surface area contributed by atoms with Crippen molar-refractivity contribution >= 4 is 24.0 Å². The zero-order valence-electron chi connectivity index (χ0n) is 6.42. The second-order valence-electron chi connectivity index (χ2n) is 2.31. The Kier molecular flexibility index (Phi) is 4.45. The van der Waals surface area contributed by atoms with Crippen LogP contribution in [0.15, 0.2) is 12.3 Å². The van der Waals surface area contributed by atoms with Gasteiger partial charge in [-0.05, 0) is 13.0 Å². The van der Waals surface area contributed by atoms with Crippen LogP contribution in [0.5, 0.6) is 0 Å². The van der Waals surface area contributed by atoms with Crippen LogP contribution in [0.25, 0.3) is 0 Å². The monoisotopic (exact) mass is 210 g/mol. The van der Waals surface area contributed by atoms with E-state index >= 15 is 0 Å². The summed E-state index contributed by atoms with van der Waals surface area (Å²) in [5, 5.41) is 0.284. The van der Waals surface area contributed by atoms with Gasteiger partial charge < -0.3 is 5.73 Å². The molecule has 2 nitrogen and oxygen atoms in total. The van der Waals surface area contributed by atoms with E-state index in [0.29, 0.717) is 0 Å². The van der Waals surface area contributed by atoms with Crippen LogP contribution in [0.1, 0.15) is 18.7 Å². The van der Waals surface area contributed by atoms with Gasteiger partial charge in [-0.15, -0.1) is 12.4 Å². The lowest BCUT2D eigenvalue weighted by molar-refractivity contribution is 0.579. The van der Waals surface area contributed by atoms with E-state index in [1.54, 1.807) is 6.92 Å². The summed E-state index contributed by atoms with van der Waals surface area (Å²) in [6.45, 7) is 1.67. The molecule has 0 aliphatic carbocycles. The van der Waals surface area contributed by atoms with Crippen molar-refractivity contribution in [2.75, 3.05) is 0 Å². The van der Waals surface area contributed by atoms with Gasteiger partial charge in [-0.25, -0.2) is 4.39 Å². The van der Waals surface area contributed by atoms with Crippen LogP contribution >= 0.6 is 24.0 Å². The highest BCUT2D eigenvalue weighted by Gasteiger charge is 2.07. The van der Waals surface area contributed by atoms with Crippen molar-refractivity contribution in [1.29, 1.82) is 0 Å². The smallest absolute Gasteiger partial charge is 0.147 e. The molecule has 0 fully saturated rings. The Morgan fingerprint density at radius 2 is 2.25 bits per heavy atom. The zero-order valence-corrected chi connectivity index (χ0v) is 7.99. The van der Waals surface area contributed by atoms with E-state index in [9.17, 15) is 4.39 Å². The molecule has 0 radical (unpaired) electrons. The van der Waals surface area contributed by atoms with Gasteiger partial charge in [0.15, 0.2) is 0 Å². The number of rotatable bonds is 1. The molecule has 0 bridgehead atoms. The number of halogens is 3. The Morgan fingerprint density at radius 3 is 2.67 bits per heavy atom. The van der Waals surface area contributed by atoms with Crippen molar-refractivity contribution in [3.8, 4) is 0 Å². The maximum atomic E-state index is 12.9. The zero-order chi connectivity index (χ0) is 8.43. The molecule has 1 aromatic heterocycles. The Hall–Kier alpha value is -0.380. The van der Waals surface area contributed by atoms with Crippen molar-refractivity contribution in [2.24, 2.45) is 5.73 Å². The van der Waals surface area contributed by atoms with Crippen LogP contribution in [-0.2, 0) is 0 Å². The molecule has 0 saturated heterocycles. The van der Waals surface area contributed by atoms with Crippen molar-refractivity contribution < 1.29 is 4.39 Å². The fourth-order valence-corrected chi connectivity index (χ4v) is 0.905. The lowest BCUT2D eigenvalue weighted by atomic mass is 10.2. The molecule has 68 valence electrons. The van der Waals surface area contributed by atoms with Gasteiger partial charge in [-0.2, -0.15) is 0 Å². The van der Waals surface area contributed by atoms with Crippen LogP contribution in [0.4, 0.5) is 4.39 Å². The lowest BCUT2D eigenvalue weighted by Gasteiger charge is -2.04. The average Bonchev–Trinajstić information content (AvgIpc) is 1.85. The van der Waals surface area contributed by atoms with Crippen molar-refractivity contribution in [3.05, 3.63) is 28.8 Å². The Bertz CT molecular complexity index is 266. The molecule has 1 aromatic rings. The Labute approximate surface area is 81.3 Å². The van der Waals surface area contributed by atoms with Gasteiger partial charge in [-0.1, -0.05) is 11.6 Å². The molecule has 0 aliphatic heterocycles. The van der Waals surface area contributed by atoms with Gasteiger partial charge in [0.25, 0.3) is 0 Å². The summed E-state index contributed by atoms with van der Waals surface area (Å²) in [4.78, 5) is 3.75. The summed E-state index contributed by atoms with van der Waals surface area (Å²) < 4.78 is 12.9. The quantitative estimate of drug-likeness (QED) is 0.773. The van der Waals surface area contributed by atoms with E-state index in [-0.39, 0.29) is 23.1 Å². The molecule has 5 heteroatoms. The Morgan fingerprint density at radius 1 is 1.67 bits per heavy atom. The highest BCUT2D eigenvalue weighted by atomic mass is 35.5. The molecule has 12 heavy (non-hydrogen) atoms. The number of nitrogens with two attached hydrogens (primary N) is 1. The standard InChI is InChI=1S/C7H8ClFN2.ClH/c1-4(10)7-6(9)2-5(8)3-11-7;/h2-4H,10H2,1H3;1H. The van der Waals surface area contributed by atoms with E-state index in [0.717, 1.165) is 0 Å². The third-order valence-electron chi connectivity index (χ3n) is 1.27. The van der Waals surface area contributed by atoms with E-state index in [1.807, 2.05) is 0 Å². The SMILES string of the molecule is CC(N)c1ncc(Cl)cc1F.Cl. The predicted molar refractivity (Wildman–Crippen MR) is 49.1 cm³/mol. The van der Waals surface area contributed by atoms with Gasteiger partial charge in [0.1, 0.15) is 5.82 Å². The lowest BCUT2D eigenvalue weighted by Crippen LogP contribution is -2.09. The first kappa shape index (κ1) is 11.6. The van der Waals surface area contributed by atoms with Crippen LogP contribution in [0.2, 0.25) is 5.02 Å². The average molecular weight is 211 g/mol. The van der Waals surface area contributed by atoms with Crippen molar-refractivity contribution in [2.45, 2.75) is 13.0 Å². The molecule has 0 spiro atoms. The number of hydrogen-bond donors (Lipinski definition) is 1. The van der Waals surface area contributed by atoms with Crippen LogP contribution in [-0.4, -0.2) is 4.98 Å². The van der Waals surface area contributed by atoms with Gasteiger partial charge in [0.05, 0.1) is 10.7 Å². The molecule has 1 heterocycles. The van der Waals surface area contributed by atoms with Gasteiger partial charge >= 0.3 is 0 Å². The van der Waals surface area contributed by atoms with Gasteiger partial charge in [-0.3, -0.25) is 4.98 Å². The highest BCUT2D eigenvalue weighted by Crippen LogP contribution is 2.15. The second kappa shape index (κ2) is 4.60. The topological polar surface area (TPSA) is 38.9 Å². The molecular formula is C7H9Cl2FN2. The van der Waals surface area contributed by atoms with Crippen LogP contribution < -0.4 is 5.73 Å². The predicted octanol–water partition coefficient (Wildman–Crippen LogP) is 2.32. The van der Waals surface area contributed by atoms with E-state index in [4.69, 9.17) is 17.3 Å². The largest absolute Gasteiger partial charge is 0.323 e. The number of aromatic nitrogens is 1. The van der Waals surface area contributed by atoms with E-state index in [2.05, 4.69) is 4.98 Å². The minimum Gasteiger partial charge on any atom is -0.323 e. The summed E-state index contributed by atoms with van der Waals surface area (Å²) >= 11 is 5.48. The number of pyridine rings is 1. The van der Waals surface area contributed by atoms with Crippen molar-refractivity contribution in [3.63, 3.8) is 0 Å². The minimum absolute atomic E-state index is 0. The molecule has 1 atom stereocenters. The normalized spacial score (nSPS) is 12.0. The first-order valence-corrected chi connectivity index (χ1v) is 3.55. The van der Waals surface area contributed by atoms with Crippen molar-refractivity contribution in [1.82, 2.24) is 4.98 Å². The second-order valence-corrected chi connectivity index (χ2v) is 2.75. The molecule has 1 rings (SSSR count). The molecule has 2 N–H and O–H groups in total. The molecule has 0 amide bonds. The summed E-state index contributed by atoms with van der Waals surface area (Å²) in [6.07, 6.45) is 1.38. The van der Waals surface area contributed by atoms with E-state index in [1.165, 1.54) is 12.3 Å². The molecule has 1 unspecified atom stereocenters. The van der Waals surface area contributed by atoms with Crippen LogP contribution in [0.3, 0.4) is 0 Å². The number of hydrogen-bond acceptors (Lipinski definition) is 2. The Balaban J connectivity index is 0.00000121. The maximum absolute atomic E-state index is 12.9. The molecular weight excluding hydrogens is 202 g/mol. The third-order valence-corrected chi connectivity index (χ3v) is 1.47. The van der Waals surface area contributed by atoms with E-state index < -0.39 is 11.9 Å². The third kappa shape index (κ3) is 2.59. The number of nitrogens with zero attached hydrogens (tertiary/aromatic N) is 1. The fraction of sp³-hybridized carbons (Fsp3) is 0.286. The first-order valence-electron chi connectivity index (χ1n) is 3.18. The molecule has 0 aromatic carbocycles. The fourth-order valence-electron chi connectivity index (χ4n) is 0.760. The summed E-state index contributed by atoms with van der Waals surface area (Å²) in [5.41, 5.74) is 5.66. The minimum atomic E-state index is -0.451. The first-order chi connectivity index (χ1) is 5.11. The summed E-state index contributed by atoms with van der Waals surface area (Å²) in [7, 11) is 0. The summed E-state index contributed by atoms with van der Waals surface area (Å²) in [5.74, 6) is -0.451. The maximum Gasteiger partial charge on any atom is 0.147 e.